The van der Waals surface area contributed by atoms with E-state index in [1.165, 1.54) is 22.4 Å². The molecule has 0 fully saturated rings. The lowest BCUT2D eigenvalue weighted by atomic mass is 10.1. The molecule has 28 heavy (non-hydrogen) atoms. The molecule has 5 heteroatoms. The molecule has 0 radical (unpaired) electrons. The lowest BCUT2D eigenvalue weighted by molar-refractivity contribution is 0.790. The van der Waals surface area contributed by atoms with Gasteiger partial charge in [-0.2, -0.15) is 0 Å². The fourth-order valence-corrected chi connectivity index (χ4v) is 3.57. The van der Waals surface area contributed by atoms with E-state index in [1.54, 1.807) is 6.33 Å². The Morgan fingerprint density at radius 2 is 1.68 bits per heavy atom. The van der Waals surface area contributed by atoms with E-state index in [0.29, 0.717) is 0 Å². The normalized spacial score (nSPS) is 11.1. The zero-order chi connectivity index (χ0) is 19.5. The van der Waals surface area contributed by atoms with Gasteiger partial charge in [0, 0.05) is 24.5 Å². The minimum atomic E-state index is 0.792. The summed E-state index contributed by atoms with van der Waals surface area (Å²) in [6, 6.07) is 18.5. The average Bonchev–Trinajstić information content (AvgIpc) is 2.96. The molecule has 0 amide bonds. The zero-order valence-electron chi connectivity index (χ0n) is 16.3. The summed E-state index contributed by atoms with van der Waals surface area (Å²) in [6.45, 7) is 5.91. The van der Waals surface area contributed by atoms with Crippen LogP contribution < -0.4 is 11.1 Å². The van der Waals surface area contributed by atoms with Crippen LogP contribution in [0.25, 0.3) is 11.0 Å². The van der Waals surface area contributed by atoms with Gasteiger partial charge in [-0.25, -0.2) is 9.97 Å². The molecule has 3 N–H and O–H groups in total. The van der Waals surface area contributed by atoms with Crippen molar-refractivity contribution >= 4 is 22.5 Å². The van der Waals surface area contributed by atoms with E-state index in [2.05, 4.69) is 70.1 Å². The molecule has 0 spiro atoms. The number of anilines is 2. The summed E-state index contributed by atoms with van der Waals surface area (Å²) in [7, 11) is 0. The molecule has 0 aliphatic carbocycles. The third-order valence-corrected chi connectivity index (χ3v) is 5.27. The molecule has 0 bridgehead atoms. The molecule has 2 heterocycles. The van der Waals surface area contributed by atoms with E-state index >= 15 is 0 Å². The molecule has 0 unspecified atom stereocenters. The highest BCUT2D eigenvalue weighted by atomic mass is 15.1. The number of nitrogen functional groups attached to an aromatic ring is 1. The van der Waals surface area contributed by atoms with Crippen LogP contribution in [0.2, 0.25) is 0 Å². The highest BCUT2D eigenvalue weighted by Crippen LogP contribution is 2.29. The molecule has 5 nitrogen and oxygen atoms in total. The maximum Gasteiger partial charge on any atom is 0.146 e. The van der Waals surface area contributed by atoms with Crippen LogP contribution in [0.15, 0.2) is 60.9 Å². The van der Waals surface area contributed by atoms with Gasteiger partial charge >= 0.3 is 0 Å². The van der Waals surface area contributed by atoms with E-state index < -0.39 is 0 Å². The fourth-order valence-electron chi connectivity index (χ4n) is 3.57. The first-order chi connectivity index (χ1) is 13.6. The predicted molar refractivity (Wildman–Crippen MR) is 116 cm³/mol. The molecule has 0 aliphatic heterocycles. The van der Waals surface area contributed by atoms with Gasteiger partial charge < -0.3 is 15.6 Å². The van der Waals surface area contributed by atoms with Crippen molar-refractivity contribution in [2.75, 3.05) is 17.6 Å². The number of nitrogens with one attached hydrogen (secondary N) is 1. The van der Waals surface area contributed by atoms with Crippen LogP contribution in [-0.2, 0) is 13.0 Å². The van der Waals surface area contributed by atoms with Crippen LogP contribution in [-0.4, -0.2) is 21.1 Å². The lowest BCUT2D eigenvalue weighted by Crippen LogP contribution is -2.08. The Labute approximate surface area is 165 Å². The first-order valence-corrected chi connectivity index (χ1v) is 9.56. The molecule has 0 aliphatic rings. The number of hydrogen-bond acceptors (Lipinski definition) is 4. The number of aryl methyl sites for hydroxylation is 1. The molecular weight excluding hydrogens is 346 g/mol. The Morgan fingerprint density at radius 3 is 2.43 bits per heavy atom. The van der Waals surface area contributed by atoms with Gasteiger partial charge in [-0.05, 0) is 49.1 Å². The van der Waals surface area contributed by atoms with Crippen molar-refractivity contribution in [1.82, 2.24) is 14.5 Å². The minimum absolute atomic E-state index is 0.792. The van der Waals surface area contributed by atoms with Crippen LogP contribution in [0, 0.1) is 13.8 Å². The maximum absolute atomic E-state index is 5.76. The topological polar surface area (TPSA) is 68.8 Å². The van der Waals surface area contributed by atoms with Crippen molar-refractivity contribution < 1.29 is 0 Å². The van der Waals surface area contributed by atoms with Crippen molar-refractivity contribution in [2.45, 2.75) is 26.8 Å². The van der Waals surface area contributed by atoms with Crippen LogP contribution in [0.3, 0.4) is 0 Å². The zero-order valence-corrected chi connectivity index (χ0v) is 16.3. The quantitative estimate of drug-likeness (QED) is 0.495. The van der Waals surface area contributed by atoms with Crippen molar-refractivity contribution in [2.24, 2.45) is 0 Å². The second-order valence-electron chi connectivity index (χ2n) is 7.12. The Hall–Kier alpha value is -3.34. The summed E-state index contributed by atoms with van der Waals surface area (Å²) in [5.74, 6) is 0.896. The molecule has 2 aromatic carbocycles. The third kappa shape index (κ3) is 3.56. The van der Waals surface area contributed by atoms with Crippen LogP contribution in [0.4, 0.5) is 11.5 Å². The number of fused-ring (bicyclic) bond motifs is 1. The summed E-state index contributed by atoms with van der Waals surface area (Å²) in [6.07, 6.45) is 2.56. The maximum atomic E-state index is 5.76. The van der Waals surface area contributed by atoms with Crippen LogP contribution >= 0.6 is 0 Å². The van der Waals surface area contributed by atoms with Crippen LogP contribution in [0.5, 0.6) is 0 Å². The third-order valence-electron chi connectivity index (χ3n) is 5.27. The standard InChI is InChI=1S/C23H25N5/c1-16-17(2)28(14-19-6-4-3-5-7-19)23-21(16)22(26-15-27-23)25-13-12-18-8-10-20(24)11-9-18/h3-11,15H,12-14,24H2,1-2H3,(H,25,26,27). The number of rotatable bonds is 6. The molecule has 142 valence electrons. The minimum Gasteiger partial charge on any atom is -0.399 e. The highest BCUT2D eigenvalue weighted by molar-refractivity contribution is 5.91. The van der Waals surface area contributed by atoms with Crippen molar-refractivity contribution in [1.29, 1.82) is 0 Å². The van der Waals surface area contributed by atoms with E-state index in [9.17, 15) is 0 Å². The van der Waals surface area contributed by atoms with Gasteiger partial charge in [-0.15, -0.1) is 0 Å². The van der Waals surface area contributed by atoms with Crippen molar-refractivity contribution in [3.63, 3.8) is 0 Å². The van der Waals surface area contributed by atoms with Gasteiger partial charge in [0.2, 0.25) is 0 Å². The first-order valence-electron chi connectivity index (χ1n) is 9.56. The summed E-state index contributed by atoms with van der Waals surface area (Å²) in [5.41, 5.74) is 12.5. The molecule has 4 aromatic rings. The monoisotopic (exact) mass is 371 g/mol. The molecule has 0 saturated carbocycles. The van der Waals surface area contributed by atoms with Gasteiger partial charge in [-0.3, -0.25) is 0 Å². The fraction of sp³-hybridized carbons (Fsp3) is 0.217. The van der Waals surface area contributed by atoms with E-state index in [0.717, 1.165) is 42.0 Å². The van der Waals surface area contributed by atoms with Gasteiger partial charge in [0.05, 0.1) is 5.39 Å². The number of benzene rings is 2. The highest BCUT2D eigenvalue weighted by Gasteiger charge is 2.16. The van der Waals surface area contributed by atoms with Gasteiger partial charge in [0.1, 0.15) is 17.8 Å². The summed E-state index contributed by atoms with van der Waals surface area (Å²) in [5, 5.41) is 4.61. The summed E-state index contributed by atoms with van der Waals surface area (Å²) in [4.78, 5) is 9.11. The smallest absolute Gasteiger partial charge is 0.146 e. The van der Waals surface area contributed by atoms with Crippen LogP contribution in [0.1, 0.15) is 22.4 Å². The second kappa shape index (κ2) is 7.72. The summed E-state index contributed by atoms with van der Waals surface area (Å²) < 4.78 is 2.27. The Bertz CT molecular complexity index is 1080. The molecule has 0 atom stereocenters. The molecule has 2 aromatic heterocycles. The lowest BCUT2D eigenvalue weighted by Gasteiger charge is -2.09. The van der Waals surface area contributed by atoms with Gasteiger partial charge in [0.15, 0.2) is 0 Å². The largest absolute Gasteiger partial charge is 0.399 e. The Balaban J connectivity index is 1.59. The van der Waals surface area contributed by atoms with E-state index in [4.69, 9.17) is 5.73 Å². The molecule has 0 saturated heterocycles. The number of hydrogen-bond donors (Lipinski definition) is 2. The molecular formula is C23H25N5. The number of nitrogens with zero attached hydrogens (tertiary/aromatic N) is 3. The predicted octanol–water partition coefficient (Wildman–Crippen LogP) is 4.33. The van der Waals surface area contributed by atoms with Crippen molar-refractivity contribution in [3.8, 4) is 0 Å². The van der Waals surface area contributed by atoms with Gasteiger partial charge in [0.25, 0.3) is 0 Å². The second-order valence-corrected chi connectivity index (χ2v) is 7.12. The number of aromatic nitrogens is 3. The van der Waals surface area contributed by atoms with Crippen molar-refractivity contribution in [3.05, 3.63) is 83.3 Å². The van der Waals surface area contributed by atoms with E-state index in [-0.39, 0.29) is 0 Å². The van der Waals surface area contributed by atoms with E-state index in [1.807, 2.05) is 18.2 Å². The Morgan fingerprint density at radius 1 is 0.929 bits per heavy atom. The first kappa shape index (κ1) is 18.0. The Kier molecular flexibility index (Phi) is 4.98. The molecule has 4 rings (SSSR count). The average molecular weight is 371 g/mol. The number of nitrogens with two attached hydrogens (primary N) is 1. The summed E-state index contributed by atoms with van der Waals surface area (Å²) >= 11 is 0. The SMILES string of the molecule is Cc1c(C)n(Cc2ccccc2)c2ncnc(NCCc3ccc(N)cc3)c12. The van der Waals surface area contributed by atoms with Gasteiger partial charge in [-0.1, -0.05) is 42.5 Å².